The lowest BCUT2D eigenvalue weighted by Crippen LogP contribution is -2.44. The first-order valence-corrected chi connectivity index (χ1v) is 6.98. The molecule has 0 radical (unpaired) electrons. The third kappa shape index (κ3) is 2.93. The molecule has 0 bridgehead atoms. The summed E-state index contributed by atoms with van der Waals surface area (Å²) in [5.41, 5.74) is 0.673. The average molecular weight is 278 g/mol. The van der Waals surface area contributed by atoms with Crippen LogP contribution in [0.15, 0.2) is 12.1 Å². The fraction of sp³-hybridized carbons (Fsp3) is 0.600. The first-order valence-electron chi connectivity index (χ1n) is 6.98. The number of carbonyl (C=O) groups excluding carboxylic acids is 1. The van der Waals surface area contributed by atoms with Crippen LogP contribution in [0.2, 0.25) is 0 Å². The van der Waals surface area contributed by atoms with E-state index >= 15 is 0 Å². The largest absolute Gasteiger partial charge is 0.478 e. The van der Waals surface area contributed by atoms with Crippen LogP contribution < -0.4 is 10.1 Å². The molecule has 1 unspecified atom stereocenters. The molecule has 0 spiro atoms. The van der Waals surface area contributed by atoms with Crippen molar-refractivity contribution in [3.8, 4) is 5.88 Å². The van der Waals surface area contributed by atoms with Crippen molar-refractivity contribution in [2.24, 2.45) is 5.92 Å². The van der Waals surface area contributed by atoms with Gasteiger partial charge in [-0.05, 0) is 45.6 Å². The highest BCUT2D eigenvalue weighted by atomic mass is 16.5. The lowest BCUT2D eigenvalue weighted by Gasteiger charge is -2.27. The van der Waals surface area contributed by atoms with Crippen LogP contribution in [-0.2, 0) is 9.53 Å². The molecule has 110 valence electrons. The predicted octanol–water partition coefficient (Wildman–Crippen LogP) is 2.54. The Balaban J connectivity index is 2.11. The number of nitrogens with zero attached hydrogens (tertiary/aromatic N) is 1. The summed E-state index contributed by atoms with van der Waals surface area (Å²) in [4.78, 5) is 16.7. The number of anilines is 1. The molecule has 5 nitrogen and oxygen atoms in total. The van der Waals surface area contributed by atoms with Gasteiger partial charge in [0.1, 0.15) is 5.60 Å². The number of pyridine rings is 1. The molecule has 2 rings (SSSR count). The molecular formula is C15H22N2O3. The van der Waals surface area contributed by atoms with Crippen molar-refractivity contribution in [1.29, 1.82) is 0 Å². The minimum absolute atomic E-state index is 0.114. The Morgan fingerprint density at radius 2 is 2.20 bits per heavy atom. The summed E-state index contributed by atoms with van der Waals surface area (Å²) >= 11 is 0. The molecule has 1 heterocycles. The fourth-order valence-corrected chi connectivity index (χ4v) is 2.22. The average Bonchev–Trinajstić information content (AvgIpc) is 3.26. The van der Waals surface area contributed by atoms with Crippen molar-refractivity contribution in [3.63, 3.8) is 0 Å². The molecule has 1 aliphatic rings. The van der Waals surface area contributed by atoms with Crippen LogP contribution in [0.4, 0.5) is 5.69 Å². The quantitative estimate of drug-likeness (QED) is 0.868. The number of ether oxygens (including phenoxy) is 2. The molecule has 1 fully saturated rings. The maximum absolute atomic E-state index is 12.4. The maximum Gasteiger partial charge on any atom is 0.256 e. The summed E-state index contributed by atoms with van der Waals surface area (Å²) in [6.45, 7) is 6.17. The number of rotatable bonds is 6. The summed E-state index contributed by atoms with van der Waals surface area (Å²) in [6, 6.07) is 3.57. The van der Waals surface area contributed by atoms with Crippen molar-refractivity contribution in [2.45, 2.75) is 39.2 Å². The Hall–Kier alpha value is -1.62. The maximum atomic E-state index is 12.4. The highest BCUT2D eigenvalue weighted by Gasteiger charge is 2.47. The van der Waals surface area contributed by atoms with Gasteiger partial charge in [0.2, 0.25) is 5.88 Å². The van der Waals surface area contributed by atoms with Gasteiger partial charge in [0, 0.05) is 13.2 Å². The van der Waals surface area contributed by atoms with Gasteiger partial charge in [-0.25, -0.2) is 4.98 Å². The summed E-state index contributed by atoms with van der Waals surface area (Å²) in [6.07, 6.45) is 2.08. The van der Waals surface area contributed by atoms with Crippen LogP contribution in [0.1, 0.15) is 32.4 Å². The van der Waals surface area contributed by atoms with E-state index in [-0.39, 0.29) is 5.91 Å². The Morgan fingerprint density at radius 3 is 2.70 bits per heavy atom. The normalized spacial score (nSPS) is 17.4. The summed E-state index contributed by atoms with van der Waals surface area (Å²) in [7, 11) is 1.58. The number of hydrogen-bond donors (Lipinski definition) is 1. The molecule has 1 aliphatic carbocycles. The van der Waals surface area contributed by atoms with Crippen LogP contribution in [0, 0.1) is 12.8 Å². The molecule has 0 aliphatic heterocycles. The van der Waals surface area contributed by atoms with Crippen molar-refractivity contribution in [3.05, 3.63) is 17.8 Å². The first-order chi connectivity index (χ1) is 9.51. The van der Waals surface area contributed by atoms with Gasteiger partial charge in [0.25, 0.3) is 5.91 Å². The van der Waals surface area contributed by atoms with E-state index in [1.54, 1.807) is 13.2 Å². The van der Waals surface area contributed by atoms with Crippen molar-refractivity contribution >= 4 is 11.6 Å². The molecule has 1 aromatic rings. The second-order valence-electron chi connectivity index (χ2n) is 5.26. The summed E-state index contributed by atoms with van der Waals surface area (Å²) < 4.78 is 10.8. The standard InChI is InChI=1S/C15H22N2O3/c1-5-20-13-9-8-12(10(2)16-13)17-14(18)15(3,19-4)11-6-7-11/h8-9,11H,5-7H2,1-4H3,(H,17,18). The second-order valence-corrected chi connectivity index (χ2v) is 5.26. The Morgan fingerprint density at radius 1 is 1.50 bits per heavy atom. The Bertz CT molecular complexity index is 500. The number of carbonyl (C=O) groups is 1. The zero-order valence-corrected chi connectivity index (χ0v) is 12.5. The number of aromatic nitrogens is 1. The van der Waals surface area contributed by atoms with E-state index in [1.165, 1.54) is 0 Å². The van der Waals surface area contributed by atoms with E-state index in [4.69, 9.17) is 9.47 Å². The molecule has 5 heteroatoms. The lowest BCUT2D eigenvalue weighted by atomic mass is 9.99. The number of methoxy groups -OCH3 is 1. The van der Waals surface area contributed by atoms with Gasteiger partial charge < -0.3 is 14.8 Å². The van der Waals surface area contributed by atoms with Gasteiger partial charge in [-0.15, -0.1) is 0 Å². The van der Waals surface area contributed by atoms with Crippen molar-refractivity contribution in [1.82, 2.24) is 4.98 Å². The number of aryl methyl sites for hydroxylation is 1. The van der Waals surface area contributed by atoms with Gasteiger partial charge in [-0.1, -0.05) is 0 Å². The topological polar surface area (TPSA) is 60.5 Å². The third-order valence-corrected chi connectivity index (χ3v) is 3.83. The van der Waals surface area contributed by atoms with E-state index in [9.17, 15) is 4.79 Å². The van der Waals surface area contributed by atoms with E-state index in [0.717, 1.165) is 18.5 Å². The summed E-state index contributed by atoms with van der Waals surface area (Å²) in [5, 5.41) is 2.91. The van der Waals surface area contributed by atoms with Crippen LogP contribution >= 0.6 is 0 Å². The van der Waals surface area contributed by atoms with Gasteiger partial charge in [-0.2, -0.15) is 0 Å². The first kappa shape index (κ1) is 14.8. The van der Waals surface area contributed by atoms with Gasteiger partial charge in [0.15, 0.2) is 0 Å². The highest BCUT2D eigenvalue weighted by Crippen LogP contribution is 2.42. The van der Waals surface area contributed by atoms with Crippen molar-refractivity contribution in [2.75, 3.05) is 19.0 Å². The zero-order chi connectivity index (χ0) is 14.8. The van der Waals surface area contributed by atoms with Gasteiger partial charge in [0.05, 0.1) is 18.0 Å². The third-order valence-electron chi connectivity index (χ3n) is 3.83. The Labute approximate surface area is 119 Å². The molecule has 1 amide bonds. The molecule has 1 aromatic heterocycles. The molecule has 0 saturated heterocycles. The molecule has 1 saturated carbocycles. The van der Waals surface area contributed by atoms with E-state index in [1.807, 2.05) is 26.8 Å². The zero-order valence-electron chi connectivity index (χ0n) is 12.5. The smallest absolute Gasteiger partial charge is 0.256 e. The molecule has 0 aromatic carbocycles. The van der Waals surface area contributed by atoms with E-state index in [0.29, 0.717) is 24.1 Å². The van der Waals surface area contributed by atoms with Gasteiger partial charge >= 0.3 is 0 Å². The van der Waals surface area contributed by atoms with E-state index in [2.05, 4.69) is 10.3 Å². The fourth-order valence-electron chi connectivity index (χ4n) is 2.22. The van der Waals surface area contributed by atoms with E-state index < -0.39 is 5.60 Å². The molecular weight excluding hydrogens is 256 g/mol. The summed E-state index contributed by atoms with van der Waals surface area (Å²) in [5.74, 6) is 0.764. The molecule has 20 heavy (non-hydrogen) atoms. The van der Waals surface area contributed by atoms with Crippen LogP contribution in [-0.4, -0.2) is 30.2 Å². The highest BCUT2D eigenvalue weighted by molar-refractivity contribution is 5.98. The number of nitrogens with one attached hydrogen (secondary N) is 1. The van der Waals surface area contributed by atoms with Crippen molar-refractivity contribution < 1.29 is 14.3 Å². The molecule has 1 N–H and O–H groups in total. The van der Waals surface area contributed by atoms with Gasteiger partial charge in [-0.3, -0.25) is 4.79 Å². The monoisotopic (exact) mass is 278 g/mol. The number of amides is 1. The van der Waals surface area contributed by atoms with Crippen LogP contribution in [0.3, 0.4) is 0 Å². The lowest BCUT2D eigenvalue weighted by molar-refractivity contribution is -0.138. The second kappa shape index (κ2) is 5.79. The predicted molar refractivity (Wildman–Crippen MR) is 76.9 cm³/mol. The SMILES string of the molecule is CCOc1ccc(NC(=O)C(C)(OC)C2CC2)c(C)n1. The number of hydrogen-bond acceptors (Lipinski definition) is 4. The minimum atomic E-state index is -0.759. The molecule has 1 atom stereocenters. The Kier molecular flexibility index (Phi) is 4.28. The minimum Gasteiger partial charge on any atom is -0.478 e. The van der Waals surface area contributed by atoms with Crippen LogP contribution in [0.25, 0.3) is 0 Å². The van der Waals surface area contributed by atoms with Crippen LogP contribution in [0.5, 0.6) is 5.88 Å².